The van der Waals surface area contributed by atoms with Crippen LogP contribution < -0.4 is 19.7 Å². The van der Waals surface area contributed by atoms with E-state index >= 15 is 0 Å². The van der Waals surface area contributed by atoms with Crippen molar-refractivity contribution in [2.45, 2.75) is 6.04 Å². The molecule has 1 fully saturated rings. The van der Waals surface area contributed by atoms with E-state index in [-0.39, 0.29) is 30.8 Å². The smallest absolute Gasteiger partial charge is 0.251 e. The summed E-state index contributed by atoms with van der Waals surface area (Å²) in [5, 5.41) is 2.85. The van der Waals surface area contributed by atoms with Crippen molar-refractivity contribution in [1.82, 2.24) is 10.2 Å². The lowest BCUT2D eigenvalue weighted by Gasteiger charge is -2.40. The Morgan fingerprint density at radius 1 is 0.857 bits per heavy atom. The number of anilines is 1. The molecule has 0 radical (unpaired) electrons. The minimum Gasteiger partial charge on any atom is -0.454 e. The largest absolute Gasteiger partial charge is 0.454 e. The van der Waals surface area contributed by atoms with Gasteiger partial charge in [-0.1, -0.05) is 18.2 Å². The second-order valence-electron chi connectivity index (χ2n) is 8.44. The number of benzene rings is 3. The van der Waals surface area contributed by atoms with Gasteiger partial charge in [0.1, 0.15) is 5.82 Å². The monoisotopic (exact) mass is 483 g/mol. The quantitative estimate of drug-likeness (QED) is 0.572. The van der Waals surface area contributed by atoms with E-state index in [0.717, 1.165) is 17.7 Å². The first-order chi connectivity index (χ1) is 17.0. The minimum absolute atomic E-state index is 0.0395. The van der Waals surface area contributed by atoms with Crippen LogP contribution in [0.4, 0.5) is 18.9 Å². The maximum atomic E-state index is 14.3. The Morgan fingerprint density at radius 2 is 1.63 bits per heavy atom. The summed E-state index contributed by atoms with van der Waals surface area (Å²) in [7, 11) is 0. The molecular formula is C26H24F3N3O3. The average Bonchev–Trinajstić information content (AvgIpc) is 3.35. The van der Waals surface area contributed by atoms with Gasteiger partial charge in [0.05, 0.1) is 11.7 Å². The van der Waals surface area contributed by atoms with Gasteiger partial charge in [-0.3, -0.25) is 9.69 Å². The van der Waals surface area contributed by atoms with Gasteiger partial charge >= 0.3 is 0 Å². The summed E-state index contributed by atoms with van der Waals surface area (Å²) in [5.41, 5.74) is 1.52. The van der Waals surface area contributed by atoms with Crippen LogP contribution >= 0.6 is 0 Å². The van der Waals surface area contributed by atoms with Crippen LogP contribution in [0.5, 0.6) is 11.5 Å². The molecule has 2 heterocycles. The van der Waals surface area contributed by atoms with Gasteiger partial charge in [0.2, 0.25) is 6.79 Å². The molecule has 6 nitrogen and oxygen atoms in total. The zero-order valence-electron chi connectivity index (χ0n) is 18.8. The van der Waals surface area contributed by atoms with E-state index in [1.165, 1.54) is 12.1 Å². The third-order valence-corrected chi connectivity index (χ3v) is 6.37. The van der Waals surface area contributed by atoms with E-state index in [1.54, 1.807) is 12.1 Å². The molecule has 5 rings (SSSR count). The molecule has 0 aliphatic carbocycles. The van der Waals surface area contributed by atoms with Gasteiger partial charge in [-0.2, -0.15) is 0 Å². The van der Waals surface area contributed by atoms with Crippen LogP contribution in [0.1, 0.15) is 22.0 Å². The number of nitrogens with zero attached hydrogens (tertiary/aromatic N) is 2. The van der Waals surface area contributed by atoms with Crippen LogP contribution in [0.15, 0.2) is 60.7 Å². The van der Waals surface area contributed by atoms with Gasteiger partial charge in [-0.25, -0.2) is 13.2 Å². The molecule has 1 N–H and O–H groups in total. The Morgan fingerprint density at radius 3 is 2.40 bits per heavy atom. The SMILES string of the molecule is O=C(NCC(c1ccc2c(c1)OCO2)N1CCN(c2ccccc2F)CC1)c1ccc(F)c(F)c1. The van der Waals surface area contributed by atoms with Crippen LogP contribution in [0.25, 0.3) is 0 Å². The summed E-state index contributed by atoms with van der Waals surface area (Å²) in [4.78, 5) is 16.9. The van der Waals surface area contributed by atoms with Crippen molar-refractivity contribution >= 4 is 11.6 Å². The third kappa shape index (κ3) is 4.90. The van der Waals surface area contributed by atoms with Crippen molar-refractivity contribution in [1.29, 1.82) is 0 Å². The minimum atomic E-state index is -1.07. The lowest BCUT2D eigenvalue weighted by atomic mass is 10.0. The molecule has 2 aliphatic rings. The number of fused-ring (bicyclic) bond motifs is 1. The number of rotatable bonds is 6. The fourth-order valence-corrected chi connectivity index (χ4v) is 4.49. The number of nitrogens with one attached hydrogen (secondary N) is 1. The van der Waals surface area contributed by atoms with Crippen molar-refractivity contribution in [2.75, 3.05) is 44.4 Å². The standard InChI is InChI=1S/C26H24F3N3O3/c27-19-7-5-18(13-21(19)29)26(33)30-15-23(17-6-8-24-25(14-17)35-16-34-24)32-11-9-31(10-12-32)22-4-2-1-3-20(22)28/h1-8,13-14,23H,9-12,15-16H2,(H,30,33). The first-order valence-corrected chi connectivity index (χ1v) is 11.4. The molecule has 0 aromatic heterocycles. The number of amides is 1. The van der Waals surface area contributed by atoms with E-state index in [2.05, 4.69) is 10.2 Å². The van der Waals surface area contributed by atoms with E-state index in [0.29, 0.717) is 43.4 Å². The number of halogens is 3. The summed E-state index contributed by atoms with van der Waals surface area (Å²) in [6, 6.07) is 15.2. The first kappa shape index (κ1) is 23.0. The van der Waals surface area contributed by atoms with E-state index in [9.17, 15) is 18.0 Å². The zero-order chi connectivity index (χ0) is 24.4. The molecule has 1 unspecified atom stereocenters. The number of piperazine rings is 1. The van der Waals surface area contributed by atoms with E-state index in [1.807, 2.05) is 29.2 Å². The van der Waals surface area contributed by atoms with Gasteiger partial charge < -0.3 is 19.7 Å². The molecule has 35 heavy (non-hydrogen) atoms. The molecule has 0 spiro atoms. The van der Waals surface area contributed by atoms with Gasteiger partial charge in [-0.05, 0) is 48.0 Å². The van der Waals surface area contributed by atoms with Gasteiger partial charge in [0.25, 0.3) is 5.91 Å². The number of hydrogen-bond acceptors (Lipinski definition) is 5. The summed E-state index contributed by atoms with van der Waals surface area (Å²) in [5.74, 6) is -1.56. The molecule has 3 aromatic carbocycles. The second kappa shape index (κ2) is 9.87. The maximum Gasteiger partial charge on any atom is 0.251 e. The summed E-state index contributed by atoms with van der Waals surface area (Å²) in [6.07, 6.45) is 0. The molecule has 0 bridgehead atoms. The third-order valence-electron chi connectivity index (χ3n) is 6.37. The Balaban J connectivity index is 1.33. The van der Waals surface area contributed by atoms with Crippen molar-refractivity contribution in [3.05, 3.63) is 89.2 Å². The number of ether oxygens (including phenoxy) is 2. The molecular weight excluding hydrogens is 459 g/mol. The van der Waals surface area contributed by atoms with Crippen LogP contribution in [-0.2, 0) is 0 Å². The molecule has 2 aliphatic heterocycles. The molecule has 1 saturated heterocycles. The zero-order valence-corrected chi connectivity index (χ0v) is 18.8. The highest BCUT2D eigenvalue weighted by molar-refractivity contribution is 5.94. The normalized spacial score (nSPS) is 16.3. The molecule has 0 saturated carbocycles. The highest BCUT2D eigenvalue weighted by atomic mass is 19.2. The highest BCUT2D eigenvalue weighted by Gasteiger charge is 2.28. The van der Waals surface area contributed by atoms with Gasteiger partial charge in [-0.15, -0.1) is 0 Å². The maximum absolute atomic E-state index is 14.3. The van der Waals surface area contributed by atoms with Crippen molar-refractivity contribution in [3.8, 4) is 11.5 Å². The topological polar surface area (TPSA) is 54.0 Å². The Hall–Kier alpha value is -3.72. The fraction of sp³-hybridized carbons (Fsp3) is 0.269. The second-order valence-corrected chi connectivity index (χ2v) is 8.44. The van der Waals surface area contributed by atoms with Crippen LogP contribution in [0, 0.1) is 17.5 Å². The molecule has 1 amide bonds. The Kier molecular flexibility index (Phi) is 6.50. The fourth-order valence-electron chi connectivity index (χ4n) is 4.49. The van der Waals surface area contributed by atoms with E-state index < -0.39 is 17.5 Å². The summed E-state index contributed by atoms with van der Waals surface area (Å²) >= 11 is 0. The Labute approximate surface area is 200 Å². The first-order valence-electron chi connectivity index (χ1n) is 11.4. The van der Waals surface area contributed by atoms with Crippen molar-refractivity contribution < 1.29 is 27.4 Å². The molecule has 9 heteroatoms. The van der Waals surface area contributed by atoms with Gasteiger partial charge in [0.15, 0.2) is 23.1 Å². The van der Waals surface area contributed by atoms with Crippen LogP contribution in [0.3, 0.4) is 0 Å². The predicted octanol–water partition coefficient (Wildman–Crippen LogP) is 4.13. The van der Waals surface area contributed by atoms with Crippen LogP contribution in [-0.4, -0.2) is 50.3 Å². The Bertz CT molecular complexity index is 1230. The number of carbonyl (C=O) groups is 1. The molecule has 182 valence electrons. The lowest BCUT2D eigenvalue weighted by molar-refractivity contribution is 0.0929. The lowest BCUT2D eigenvalue weighted by Crippen LogP contribution is -2.50. The molecule has 1 atom stereocenters. The number of para-hydroxylation sites is 1. The molecule has 3 aromatic rings. The average molecular weight is 483 g/mol. The van der Waals surface area contributed by atoms with Gasteiger partial charge in [0, 0.05) is 38.3 Å². The summed E-state index contributed by atoms with van der Waals surface area (Å²) < 4.78 is 52.1. The number of hydrogen-bond donors (Lipinski definition) is 1. The predicted molar refractivity (Wildman–Crippen MR) is 124 cm³/mol. The van der Waals surface area contributed by atoms with E-state index in [4.69, 9.17) is 9.47 Å². The van der Waals surface area contributed by atoms with Crippen molar-refractivity contribution in [2.24, 2.45) is 0 Å². The highest BCUT2D eigenvalue weighted by Crippen LogP contribution is 2.36. The number of carbonyl (C=O) groups excluding carboxylic acids is 1. The summed E-state index contributed by atoms with van der Waals surface area (Å²) in [6.45, 7) is 2.87. The van der Waals surface area contributed by atoms with Crippen molar-refractivity contribution in [3.63, 3.8) is 0 Å². The van der Waals surface area contributed by atoms with Crippen LogP contribution in [0.2, 0.25) is 0 Å².